The maximum atomic E-state index is 15.1. The van der Waals surface area contributed by atoms with E-state index in [0.29, 0.717) is 49.4 Å². The van der Waals surface area contributed by atoms with Gasteiger partial charge in [0.1, 0.15) is 17.6 Å². The summed E-state index contributed by atoms with van der Waals surface area (Å²) in [5, 5.41) is 0.161. The Hall–Kier alpha value is -4.20. The van der Waals surface area contributed by atoms with Gasteiger partial charge in [-0.25, -0.2) is 13.4 Å². The monoisotopic (exact) mass is 849 g/mol. The summed E-state index contributed by atoms with van der Waals surface area (Å²) < 4.78 is 52.9. The number of fused-ring (bicyclic) bond motifs is 3. The number of ether oxygens (including phenoxy) is 4. The molecule has 1 unspecified atom stereocenters. The quantitative estimate of drug-likeness (QED) is 0.176. The van der Waals surface area contributed by atoms with E-state index in [1.165, 1.54) is 0 Å². The molecule has 7 rings (SSSR count). The fourth-order valence-corrected chi connectivity index (χ4v) is 11.4. The number of aromatic nitrogens is 1. The molecular weight excluding hydrogens is 787 g/mol. The molecule has 5 atom stereocenters. The van der Waals surface area contributed by atoms with Gasteiger partial charge >= 0.3 is 5.97 Å². The van der Waals surface area contributed by atoms with Crippen molar-refractivity contribution in [2.45, 2.75) is 141 Å². The first-order chi connectivity index (χ1) is 28.6. The first-order valence-electron chi connectivity index (χ1n) is 22.1. The second kappa shape index (κ2) is 17.6. The van der Waals surface area contributed by atoms with Crippen molar-refractivity contribution in [3.63, 3.8) is 0 Å². The number of methoxy groups -OCH3 is 1. The molecule has 3 saturated carbocycles. The maximum absolute atomic E-state index is 15.1. The summed E-state index contributed by atoms with van der Waals surface area (Å²) in [5.74, 6) is -1.32. The molecule has 1 aromatic carbocycles. The van der Waals surface area contributed by atoms with E-state index >= 15 is 4.79 Å². The van der Waals surface area contributed by atoms with Crippen molar-refractivity contribution in [2.75, 3.05) is 26.9 Å². The summed E-state index contributed by atoms with van der Waals surface area (Å²) in [4.78, 5) is 63.9. The molecule has 3 heterocycles. The van der Waals surface area contributed by atoms with Gasteiger partial charge in [-0.3, -0.25) is 23.9 Å². The molecule has 1 N–H and O–H groups in total. The summed E-state index contributed by atoms with van der Waals surface area (Å²) in [7, 11) is -2.20. The number of pyridine rings is 1. The Morgan fingerprint density at radius 1 is 1.08 bits per heavy atom. The molecule has 2 aliphatic heterocycles. The number of benzene rings is 1. The number of hydrogen-bond donors (Lipinski definition) is 1. The Balaban J connectivity index is 1.29. The molecule has 0 spiro atoms. The van der Waals surface area contributed by atoms with Gasteiger partial charge in [0.05, 0.1) is 61.4 Å². The fourth-order valence-electron chi connectivity index (χ4n) is 9.98. The second-order valence-electron chi connectivity index (χ2n) is 18.6. The second-order valence-corrected chi connectivity index (χ2v) is 20.5. The average molecular weight is 850 g/mol. The van der Waals surface area contributed by atoms with Crippen LogP contribution in [0.15, 0.2) is 24.8 Å². The van der Waals surface area contributed by atoms with E-state index in [4.69, 9.17) is 23.9 Å². The predicted octanol–water partition coefficient (Wildman–Crippen LogP) is 6.81. The molecule has 60 heavy (non-hydrogen) atoms. The first kappa shape index (κ1) is 43.9. The fraction of sp³-hybridized carbons (Fsp3) is 0.674. The zero-order valence-electron chi connectivity index (χ0n) is 36.0. The van der Waals surface area contributed by atoms with Crippen LogP contribution in [0.1, 0.15) is 122 Å². The van der Waals surface area contributed by atoms with Crippen LogP contribution < -0.4 is 18.9 Å². The van der Waals surface area contributed by atoms with Crippen molar-refractivity contribution in [3.8, 4) is 17.4 Å². The molecule has 1 saturated heterocycles. The molecule has 3 aliphatic carbocycles. The molecule has 5 aliphatic rings. The minimum Gasteiger partial charge on any atom is -0.496 e. The molecule has 13 nitrogen and oxygen atoms in total. The minimum atomic E-state index is -3.87. The molecule has 4 bridgehead atoms. The molecular formula is C46H63N3O10S. The summed E-state index contributed by atoms with van der Waals surface area (Å²) in [6.07, 6.45) is 9.39. The van der Waals surface area contributed by atoms with Crippen molar-refractivity contribution in [2.24, 2.45) is 28.6 Å². The summed E-state index contributed by atoms with van der Waals surface area (Å²) in [6.45, 7) is 12.6. The lowest BCUT2D eigenvalue weighted by Gasteiger charge is -2.34. The van der Waals surface area contributed by atoms with Gasteiger partial charge in [-0.1, -0.05) is 46.1 Å². The van der Waals surface area contributed by atoms with Gasteiger partial charge in [0.15, 0.2) is 5.78 Å². The number of sulfonamides is 1. The van der Waals surface area contributed by atoms with Crippen molar-refractivity contribution in [1.82, 2.24) is 14.6 Å². The van der Waals surface area contributed by atoms with Crippen LogP contribution in [0, 0.1) is 28.6 Å². The number of esters is 1. The highest BCUT2D eigenvalue weighted by molar-refractivity contribution is 7.90. The van der Waals surface area contributed by atoms with Gasteiger partial charge in [-0.2, -0.15) is 0 Å². The standard InChI is InChI=1S/C46H63N3O10S/c1-7-30-24-46(30,44(53)48-60(54,55)32-17-18-32)25-37(50)36-21-31-26-49(36)43(52)34(28-14-11-10-12-15-28)22-40(51)58-27-45(4,5)19-13-16-29-20-35-38(59-31)23-39(57-9-3)47-41(35)33(8-2)42(29)56-6/h7,20,23,28,30-32,34,36H,1,8-19,21-22,24-27H2,2-6H3,(H,48,53)/t30-,31-,34+,36+,46?/m1/s1. The molecule has 2 aromatic rings. The number of hydrogen-bond acceptors (Lipinski definition) is 11. The van der Waals surface area contributed by atoms with Crippen molar-refractivity contribution < 1.29 is 46.5 Å². The Bertz CT molecular complexity index is 2110. The van der Waals surface area contributed by atoms with E-state index in [0.717, 1.165) is 67.2 Å². The third-order valence-corrected chi connectivity index (χ3v) is 15.5. The van der Waals surface area contributed by atoms with Gasteiger partial charge in [0.2, 0.25) is 27.7 Å². The SMILES string of the molecule is C=C[C@@H]1CC1(CC(=O)[C@@H]1C[C@@H]2CN1C(=O)[C@H](C1CCCCC1)CC(=O)OCC(C)(C)CCCc1cc3c(cc(OCC)nc3c(CC)c1OC)O2)C(=O)NS(=O)(=O)C1CC1. The number of rotatable bonds is 12. The normalized spacial score (nSPS) is 27.6. The van der Waals surface area contributed by atoms with Crippen LogP contribution in [0.25, 0.3) is 10.9 Å². The van der Waals surface area contributed by atoms with Crippen LogP contribution in [-0.2, 0) is 46.8 Å². The molecule has 1 aromatic heterocycles. The topological polar surface area (TPSA) is 168 Å². The lowest BCUT2D eigenvalue weighted by atomic mass is 9.77. The summed E-state index contributed by atoms with van der Waals surface area (Å²) in [6, 6.07) is 2.84. The predicted molar refractivity (Wildman–Crippen MR) is 226 cm³/mol. The van der Waals surface area contributed by atoms with E-state index in [-0.39, 0.29) is 61.9 Å². The average Bonchev–Trinajstić information content (AvgIpc) is 4.15. The largest absolute Gasteiger partial charge is 0.496 e. The van der Waals surface area contributed by atoms with Crippen LogP contribution in [-0.4, -0.2) is 86.1 Å². The highest BCUT2D eigenvalue weighted by Crippen LogP contribution is 2.57. The van der Waals surface area contributed by atoms with Crippen molar-refractivity contribution in [1.29, 1.82) is 0 Å². The van der Waals surface area contributed by atoms with Crippen LogP contribution >= 0.6 is 0 Å². The van der Waals surface area contributed by atoms with Gasteiger partial charge in [-0.05, 0) is 93.6 Å². The number of aryl methyl sites for hydroxylation is 2. The smallest absolute Gasteiger partial charge is 0.306 e. The van der Waals surface area contributed by atoms with E-state index in [2.05, 4.69) is 38.1 Å². The van der Waals surface area contributed by atoms with E-state index in [9.17, 15) is 22.8 Å². The number of carbonyl (C=O) groups excluding carboxylic acids is 4. The molecule has 4 fully saturated rings. The Kier molecular flexibility index (Phi) is 12.9. The van der Waals surface area contributed by atoms with Gasteiger partial charge in [-0.15, -0.1) is 6.58 Å². The highest BCUT2D eigenvalue weighted by Gasteiger charge is 2.61. The van der Waals surface area contributed by atoms with Crippen LogP contribution in [0.2, 0.25) is 0 Å². The van der Waals surface area contributed by atoms with Gasteiger partial charge in [0.25, 0.3) is 0 Å². The van der Waals surface area contributed by atoms with Crippen LogP contribution in [0.5, 0.6) is 17.4 Å². The number of ketones is 1. The first-order valence-corrected chi connectivity index (χ1v) is 23.7. The molecule has 2 amide bonds. The van der Waals surface area contributed by atoms with Gasteiger partial charge < -0.3 is 23.8 Å². The Labute approximate surface area is 354 Å². The van der Waals surface area contributed by atoms with Crippen LogP contribution in [0.3, 0.4) is 0 Å². The van der Waals surface area contributed by atoms with E-state index in [1.54, 1.807) is 24.2 Å². The number of Topliss-reactive ketones (excluding diaryl/α,β-unsaturated/α-hetero) is 1. The maximum Gasteiger partial charge on any atom is 0.306 e. The Morgan fingerprint density at radius 2 is 1.83 bits per heavy atom. The number of nitrogens with one attached hydrogen (secondary N) is 1. The number of allylic oxidation sites excluding steroid dienone is 1. The highest BCUT2D eigenvalue weighted by atomic mass is 32.2. The minimum absolute atomic E-state index is 0.0646. The number of amides is 2. The van der Waals surface area contributed by atoms with E-state index < -0.39 is 56.5 Å². The van der Waals surface area contributed by atoms with E-state index in [1.807, 2.05) is 6.92 Å². The summed E-state index contributed by atoms with van der Waals surface area (Å²) >= 11 is 0. The number of nitrogens with zero attached hydrogens (tertiary/aromatic N) is 2. The number of carbonyl (C=O) groups is 4. The van der Waals surface area contributed by atoms with Crippen molar-refractivity contribution in [3.05, 3.63) is 35.9 Å². The summed E-state index contributed by atoms with van der Waals surface area (Å²) in [5.41, 5.74) is 0.970. The number of cyclic esters (lactones) is 1. The lowest BCUT2D eigenvalue weighted by Crippen LogP contribution is -2.48. The van der Waals surface area contributed by atoms with Crippen molar-refractivity contribution >= 4 is 44.5 Å². The van der Waals surface area contributed by atoms with Crippen LogP contribution in [0.4, 0.5) is 0 Å². The molecule has 0 radical (unpaired) electrons. The lowest BCUT2D eigenvalue weighted by molar-refractivity contribution is -0.154. The van der Waals surface area contributed by atoms with Gasteiger partial charge in [0, 0.05) is 29.9 Å². The zero-order chi connectivity index (χ0) is 43.0. The third kappa shape index (κ3) is 9.18. The third-order valence-electron chi connectivity index (χ3n) is 13.6. The molecule has 328 valence electrons. The zero-order valence-corrected chi connectivity index (χ0v) is 36.8. The Morgan fingerprint density at radius 3 is 2.48 bits per heavy atom. The molecule has 14 heteroatoms.